The highest BCUT2D eigenvalue weighted by Crippen LogP contribution is 2.32. The van der Waals surface area contributed by atoms with E-state index in [1.807, 2.05) is 4.90 Å². The lowest BCUT2D eigenvalue weighted by Crippen LogP contribution is -2.36. The van der Waals surface area contributed by atoms with Gasteiger partial charge in [0.1, 0.15) is 0 Å². The normalized spacial score (nSPS) is 15.0. The molecule has 1 aromatic carbocycles. The second kappa shape index (κ2) is 6.50. The van der Waals surface area contributed by atoms with Gasteiger partial charge in [0.15, 0.2) is 11.5 Å². The van der Waals surface area contributed by atoms with E-state index in [2.05, 4.69) is 0 Å². The van der Waals surface area contributed by atoms with Crippen LogP contribution in [0.1, 0.15) is 24.8 Å². The number of carbonyl (C=O) groups is 1. The molecule has 1 fully saturated rings. The lowest BCUT2D eigenvalue weighted by molar-refractivity contribution is -0.131. The molecule has 0 aliphatic carbocycles. The van der Waals surface area contributed by atoms with Gasteiger partial charge < -0.3 is 20.1 Å². The van der Waals surface area contributed by atoms with Gasteiger partial charge in [-0.25, -0.2) is 0 Å². The van der Waals surface area contributed by atoms with Gasteiger partial charge in [0.05, 0.1) is 20.6 Å². The number of hydrogen-bond acceptors (Lipinski definition) is 4. The summed E-state index contributed by atoms with van der Waals surface area (Å²) in [5.41, 5.74) is 7.35. The molecule has 0 spiro atoms. The van der Waals surface area contributed by atoms with Crippen LogP contribution in [0.3, 0.4) is 0 Å². The average Bonchev–Trinajstić information content (AvgIpc) is 2.49. The zero-order valence-electron chi connectivity index (χ0n) is 12.1. The molecule has 1 aromatic rings. The summed E-state index contributed by atoms with van der Waals surface area (Å²) in [5.74, 6) is 1.31. The Morgan fingerprint density at radius 3 is 2.35 bits per heavy atom. The molecule has 0 radical (unpaired) electrons. The molecule has 20 heavy (non-hydrogen) atoms. The molecular formula is C15H22N2O3. The Labute approximate surface area is 119 Å². The largest absolute Gasteiger partial charge is 0.493 e. The zero-order chi connectivity index (χ0) is 14.5. The molecule has 0 unspecified atom stereocenters. The number of benzene rings is 1. The second-order valence-corrected chi connectivity index (χ2v) is 5.02. The van der Waals surface area contributed by atoms with Crippen molar-refractivity contribution in [3.05, 3.63) is 17.7 Å². The molecule has 1 aliphatic rings. The van der Waals surface area contributed by atoms with Crippen LogP contribution >= 0.6 is 0 Å². The molecule has 1 aliphatic heterocycles. The van der Waals surface area contributed by atoms with Crippen LogP contribution in [0.4, 0.5) is 5.69 Å². The molecule has 1 saturated heterocycles. The minimum Gasteiger partial charge on any atom is -0.493 e. The maximum Gasteiger partial charge on any atom is 0.227 e. The summed E-state index contributed by atoms with van der Waals surface area (Å²) in [5, 5.41) is 0. The summed E-state index contributed by atoms with van der Waals surface area (Å²) in [4.78, 5) is 14.2. The molecule has 5 nitrogen and oxygen atoms in total. The molecule has 0 atom stereocenters. The van der Waals surface area contributed by atoms with Gasteiger partial charge in [0.25, 0.3) is 0 Å². The first-order chi connectivity index (χ1) is 9.65. The SMILES string of the molecule is COc1cc(N)c(CC(=O)N2CCCCC2)cc1OC. The van der Waals surface area contributed by atoms with Crippen LogP contribution in [0.15, 0.2) is 12.1 Å². The standard InChI is InChI=1S/C15H22N2O3/c1-19-13-8-11(12(16)10-14(13)20-2)9-15(18)17-6-4-3-5-7-17/h8,10H,3-7,9,16H2,1-2H3. The van der Waals surface area contributed by atoms with Crippen molar-refractivity contribution in [2.24, 2.45) is 0 Å². The third-order valence-corrected chi connectivity index (χ3v) is 3.70. The Kier molecular flexibility index (Phi) is 4.71. The number of methoxy groups -OCH3 is 2. The van der Waals surface area contributed by atoms with Crippen molar-refractivity contribution in [3.63, 3.8) is 0 Å². The predicted octanol–water partition coefficient (Wildman–Crippen LogP) is 1.84. The van der Waals surface area contributed by atoms with Crippen molar-refractivity contribution in [1.82, 2.24) is 4.90 Å². The van der Waals surface area contributed by atoms with Crippen LogP contribution in [0.5, 0.6) is 11.5 Å². The lowest BCUT2D eigenvalue weighted by atomic mass is 10.1. The smallest absolute Gasteiger partial charge is 0.227 e. The average molecular weight is 278 g/mol. The third-order valence-electron chi connectivity index (χ3n) is 3.70. The Balaban J connectivity index is 2.13. The molecule has 1 heterocycles. The number of hydrogen-bond donors (Lipinski definition) is 1. The van der Waals surface area contributed by atoms with E-state index in [9.17, 15) is 4.79 Å². The Bertz CT molecular complexity index is 482. The highest BCUT2D eigenvalue weighted by Gasteiger charge is 2.19. The number of carbonyl (C=O) groups excluding carboxylic acids is 1. The van der Waals surface area contributed by atoms with Crippen LogP contribution < -0.4 is 15.2 Å². The fourth-order valence-corrected chi connectivity index (χ4v) is 2.51. The molecule has 1 amide bonds. The van der Waals surface area contributed by atoms with Crippen LogP contribution in [0, 0.1) is 0 Å². The van der Waals surface area contributed by atoms with E-state index in [-0.39, 0.29) is 5.91 Å². The van der Waals surface area contributed by atoms with E-state index in [0.717, 1.165) is 31.5 Å². The van der Waals surface area contributed by atoms with Gasteiger partial charge in [-0.05, 0) is 30.9 Å². The first-order valence-electron chi connectivity index (χ1n) is 6.94. The Morgan fingerprint density at radius 1 is 1.15 bits per heavy atom. The molecule has 2 rings (SSSR count). The monoisotopic (exact) mass is 278 g/mol. The number of anilines is 1. The summed E-state index contributed by atoms with van der Waals surface area (Å²) < 4.78 is 10.4. The summed E-state index contributed by atoms with van der Waals surface area (Å²) >= 11 is 0. The molecule has 0 saturated carbocycles. The number of likely N-dealkylation sites (tertiary alicyclic amines) is 1. The van der Waals surface area contributed by atoms with E-state index in [1.165, 1.54) is 6.42 Å². The minimum absolute atomic E-state index is 0.128. The van der Waals surface area contributed by atoms with Gasteiger partial charge in [0, 0.05) is 24.8 Å². The van der Waals surface area contributed by atoms with Crippen LogP contribution in [-0.2, 0) is 11.2 Å². The number of nitrogens with zero attached hydrogens (tertiary/aromatic N) is 1. The third kappa shape index (κ3) is 3.15. The van der Waals surface area contributed by atoms with E-state index in [0.29, 0.717) is 23.6 Å². The van der Waals surface area contributed by atoms with E-state index in [1.54, 1.807) is 26.4 Å². The van der Waals surface area contributed by atoms with Gasteiger partial charge in [-0.1, -0.05) is 0 Å². The van der Waals surface area contributed by atoms with Gasteiger partial charge in [-0.3, -0.25) is 4.79 Å². The fraction of sp³-hybridized carbons (Fsp3) is 0.533. The predicted molar refractivity (Wildman–Crippen MR) is 78.1 cm³/mol. The zero-order valence-corrected chi connectivity index (χ0v) is 12.1. The van der Waals surface area contributed by atoms with Gasteiger partial charge in [-0.2, -0.15) is 0 Å². The van der Waals surface area contributed by atoms with Crippen molar-refractivity contribution in [2.75, 3.05) is 33.0 Å². The summed E-state index contributed by atoms with van der Waals surface area (Å²) in [6.07, 6.45) is 3.70. The summed E-state index contributed by atoms with van der Waals surface area (Å²) in [6.45, 7) is 1.71. The van der Waals surface area contributed by atoms with Crippen molar-refractivity contribution < 1.29 is 14.3 Å². The molecule has 0 aromatic heterocycles. The second-order valence-electron chi connectivity index (χ2n) is 5.02. The number of rotatable bonds is 4. The number of amides is 1. The van der Waals surface area contributed by atoms with Crippen molar-refractivity contribution in [1.29, 1.82) is 0 Å². The van der Waals surface area contributed by atoms with Crippen LogP contribution in [-0.4, -0.2) is 38.1 Å². The molecule has 2 N–H and O–H groups in total. The summed E-state index contributed by atoms with van der Waals surface area (Å²) in [6, 6.07) is 3.49. The highest BCUT2D eigenvalue weighted by atomic mass is 16.5. The molecule has 5 heteroatoms. The number of ether oxygens (including phenoxy) is 2. The molecular weight excluding hydrogens is 256 g/mol. The molecule has 110 valence electrons. The first-order valence-corrected chi connectivity index (χ1v) is 6.94. The molecule has 0 bridgehead atoms. The first kappa shape index (κ1) is 14.5. The maximum absolute atomic E-state index is 12.3. The van der Waals surface area contributed by atoms with Crippen molar-refractivity contribution >= 4 is 11.6 Å². The Morgan fingerprint density at radius 2 is 1.75 bits per heavy atom. The quantitative estimate of drug-likeness (QED) is 0.854. The van der Waals surface area contributed by atoms with Gasteiger partial charge >= 0.3 is 0 Å². The van der Waals surface area contributed by atoms with Crippen molar-refractivity contribution in [2.45, 2.75) is 25.7 Å². The Hall–Kier alpha value is -1.91. The highest BCUT2D eigenvalue weighted by molar-refractivity contribution is 5.81. The van der Waals surface area contributed by atoms with E-state index in [4.69, 9.17) is 15.2 Å². The van der Waals surface area contributed by atoms with E-state index < -0.39 is 0 Å². The lowest BCUT2D eigenvalue weighted by Gasteiger charge is -2.27. The number of nitrogens with two attached hydrogens (primary N) is 1. The maximum atomic E-state index is 12.3. The minimum atomic E-state index is 0.128. The number of nitrogen functional groups attached to an aromatic ring is 1. The topological polar surface area (TPSA) is 64.8 Å². The van der Waals surface area contributed by atoms with E-state index >= 15 is 0 Å². The van der Waals surface area contributed by atoms with Crippen molar-refractivity contribution in [3.8, 4) is 11.5 Å². The van der Waals surface area contributed by atoms with Gasteiger partial charge in [0.2, 0.25) is 5.91 Å². The van der Waals surface area contributed by atoms with Crippen LogP contribution in [0.25, 0.3) is 0 Å². The van der Waals surface area contributed by atoms with Gasteiger partial charge in [-0.15, -0.1) is 0 Å². The number of piperidine rings is 1. The fourth-order valence-electron chi connectivity index (χ4n) is 2.51. The summed E-state index contributed by atoms with van der Waals surface area (Å²) in [7, 11) is 3.14. The van der Waals surface area contributed by atoms with Crippen LogP contribution in [0.2, 0.25) is 0 Å².